The van der Waals surface area contributed by atoms with Crippen molar-refractivity contribution in [3.05, 3.63) is 72.4 Å². The third-order valence-electron chi connectivity index (χ3n) is 5.86. The number of nitrogens with two attached hydrogens (primary N) is 1. The summed E-state index contributed by atoms with van der Waals surface area (Å²) in [6, 6.07) is 13.7. The Kier molecular flexibility index (Phi) is 5.46. The summed E-state index contributed by atoms with van der Waals surface area (Å²) in [5, 5.41) is 8.21. The van der Waals surface area contributed by atoms with Gasteiger partial charge in [-0.15, -0.1) is 0 Å². The van der Waals surface area contributed by atoms with Gasteiger partial charge in [-0.2, -0.15) is 9.78 Å². The largest absolute Gasteiger partial charge is 0.347 e. The summed E-state index contributed by atoms with van der Waals surface area (Å²) < 4.78 is 3.37. The molecule has 5 rings (SSSR count). The van der Waals surface area contributed by atoms with E-state index >= 15 is 0 Å². The number of rotatable bonds is 4. The topological polar surface area (TPSA) is 94.0 Å². The first-order valence-corrected chi connectivity index (χ1v) is 10.9. The van der Waals surface area contributed by atoms with Crippen LogP contribution < -0.4 is 11.1 Å². The van der Waals surface area contributed by atoms with E-state index in [-0.39, 0.29) is 12.1 Å². The molecule has 1 saturated heterocycles. The van der Waals surface area contributed by atoms with Crippen molar-refractivity contribution in [2.45, 2.75) is 32.4 Å². The molecule has 8 heteroatoms. The number of imidazole rings is 1. The molecular weight excluding hydrogens is 402 g/mol. The van der Waals surface area contributed by atoms with E-state index in [0.717, 1.165) is 66.0 Å². The van der Waals surface area contributed by atoms with Gasteiger partial charge < -0.3 is 15.6 Å². The average molecular weight is 430 g/mol. The van der Waals surface area contributed by atoms with Gasteiger partial charge in [0.25, 0.3) is 0 Å². The van der Waals surface area contributed by atoms with Crippen LogP contribution in [0.3, 0.4) is 0 Å². The number of hydrogen-bond acceptors (Lipinski definition) is 5. The average Bonchev–Trinajstić information content (AvgIpc) is 3.40. The van der Waals surface area contributed by atoms with E-state index in [1.807, 2.05) is 54.1 Å². The summed E-state index contributed by atoms with van der Waals surface area (Å²) in [5.41, 5.74) is 10.7. The standard InChI is InChI=1S/C24H27N7O/c1-17-13-30(16-26-17)22-10-18(14-29-8-4-6-20(25)15-29)9-21(11-22)28-24(32)31-23-7-3-2-5-19(23)12-27-31/h2-3,5,7,9-13,16,20H,4,6,8,14-15,25H2,1H3,(H,28,32)/t20-/m0/s1. The lowest BCUT2D eigenvalue weighted by molar-refractivity contribution is 0.201. The number of piperidine rings is 1. The molecule has 0 aliphatic carbocycles. The molecule has 1 aliphatic heterocycles. The molecule has 2 aromatic carbocycles. The quantitative estimate of drug-likeness (QED) is 0.518. The predicted octanol–water partition coefficient (Wildman–Crippen LogP) is 3.53. The maximum absolute atomic E-state index is 13.0. The lowest BCUT2D eigenvalue weighted by Crippen LogP contribution is -2.42. The molecule has 8 nitrogen and oxygen atoms in total. The van der Waals surface area contributed by atoms with Crippen LogP contribution in [0.4, 0.5) is 10.5 Å². The molecule has 0 saturated carbocycles. The second-order valence-corrected chi connectivity index (χ2v) is 8.49. The summed E-state index contributed by atoms with van der Waals surface area (Å²) in [7, 11) is 0. The number of fused-ring (bicyclic) bond motifs is 1. The van der Waals surface area contributed by atoms with Crippen molar-refractivity contribution in [3.63, 3.8) is 0 Å². The molecule has 0 radical (unpaired) electrons. The molecule has 164 valence electrons. The molecule has 1 amide bonds. The number of amides is 1. The van der Waals surface area contributed by atoms with E-state index in [1.165, 1.54) is 4.68 Å². The molecule has 0 unspecified atom stereocenters. The number of anilines is 1. The molecule has 2 aromatic heterocycles. The Hall–Kier alpha value is -3.49. The SMILES string of the molecule is Cc1cn(-c2cc(CN3CCC[C@H](N)C3)cc(NC(=O)n3ncc4ccccc43)c2)cn1. The Labute approximate surface area is 186 Å². The van der Waals surface area contributed by atoms with Gasteiger partial charge in [-0.25, -0.2) is 9.78 Å². The highest BCUT2D eigenvalue weighted by Gasteiger charge is 2.18. The van der Waals surface area contributed by atoms with Crippen molar-refractivity contribution in [2.24, 2.45) is 5.73 Å². The van der Waals surface area contributed by atoms with Gasteiger partial charge in [-0.1, -0.05) is 18.2 Å². The molecule has 3 N–H and O–H groups in total. The van der Waals surface area contributed by atoms with Crippen molar-refractivity contribution < 1.29 is 4.79 Å². The molecule has 0 spiro atoms. The molecule has 4 aromatic rings. The zero-order valence-corrected chi connectivity index (χ0v) is 18.1. The highest BCUT2D eigenvalue weighted by Crippen LogP contribution is 2.22. The Morgan fingerprint density at radius 2 is 2.12 bits per heavy atom. The van der Waals surface area contributed by atoms with E-state index in [4.69, 9.17) is 5.73 Å². The summed E-state index contributed by atoms with van der Waals surface area (Å²) >= 11 is 0. The van der Waals surface area contributed by atoms with Gasteiger partial charge in [-0.3, -0.25) is 4.90 Å². The van der Waals surface area contributed by atoms with E-state index in [2.05, 4.69) is 26.4 Å². The first-order valence-electron chi connectivity index (χ1n) is 10.9. The van der Waals surface area contributed by atoms with Crippen molar-refractivity contribution in [2.75, 3.05) is 18.4 Å². The van der Waals surface area contributed by atoms with E-state index in [1.54, 1.807) is 12.5 Å². The Morgan fingerprint density at radius 3 is 2.94 bits per heavy atom. The number of aromatic nitrogens is 4. The summed E-state index contributed by atoms with van der Waals surface area (Å²) in [6.45, 7) is 4.65. The number of nitrogens with one attached hydrogen (secondary N) is 1. The first kappa shape index (κ1) is 20.4. The van der Waals surface area contributed by atoms with E-state index in [0.29, 0.717) is 0 Å². The van der Waals surface area contributed by atoms with Crippen LogP contribution >= 0.6 is 0 Å². The molecule has 3 heterocycles. The second kappa shape index (κ2) is 8.57. The van der Waals surface area contributed by atoms with Crippen LogP contribution in [0.1, 0.15) is 24.1 Å². The fraction of sp³-hybridized carbons (Fsp3) is 0.292. The van der Waals surface area contributed by atoms with Gasteiger partial charge in [0.2, 0.25) is 0 Å². The maximum Gasteiger partial charge on any atom is 0.347 e. The van der Waals surface area contributed by atoms with Crippen LogP contribution in [0, 0.1) is 6.92 Å². The van der Waals surface area contributed by atoms with Crippen LogP contribution in [-0.4, -0.2) is 49.4 Å². The van der Waals surface area contributed by atoms with Crippen LogP contribution in [0.2, 0.25) is 0 Å². The van der Waals surface area contributed by atoms with Gasteiger partial charge in [-0.05, 0) is 56.1 Å². The highest BCUT2D eigenvalue weighted by molar-refractivity contribution is 5.97. The fourth-order valence-corrected chi connectivity index (χ4v) is 4.35. The van der Waals surface area contributed by atoms with Crippen molar-refractivity contribution in [3.8, 4) is 5.69 Å². The lowest BCUT2D eigenvalue weighted by Gasteiger charge is -2.30. The molecule has 32 heavy (non-hydrogen) atoms. The van der Waals surface area contributed by atoms with Crippen molar-refractivity contribution in [1.82, 2.24) is 24.2 Å². The summed E-state index contributed by atoms with van der Waals surface area (Å²) in [6.07, 6.45) is 7.65. The Bertz CT molecular complexity index is 1260. The van der Waals surface area contributed by atoms with Gasteiger partial charge in [0.15, 0.2) is 0 Å². The highest BCUT2D eigenvalue weighted by atomic mass is 16.2. The van der Waals surface area contributed by atoms with Gasteiger partial charge in [0.1, 0.15) is 0 Å². The minimum Gasteiger partial charge on any atom is -0.327 e. The Balaban J connectivity index is 1.45. The monoisotopic (exact) mass is 429 g/mol. The number of nitrogens with zero attached hydrogens (tertiary/aromatic N) is 5. The fourth-order valence-electron chi connectivity index (χ4n) is 4.35. The minimum absolute atomic E-state index is 0.218. The summed E-state index contributed by atoms with van der Waals surface area (Å²) in [5.74, 6) is 0. The van der Waals surface area contributed by atoms with Crippen LogP contribution in [0.15, 0.2) is 61.2 Å². The lowest BCUT2D eigenvalue weighted by atomic mass is 10.1. The zero-order chi connectivity index (χ0) is 22.1. The van der Waals surface area contributed by atoms with Crippen LogP contribution in [0.25, 0.3) is 16.6 Å². The molecule has 1 aliphatic rings. The number of para-hydroxylation sites is 1. The third-order valence-corrected chi connectivity index (χ3v) is 5.86. The molecule has 1 atom stereocenters. The number of aryl methyl sites for hydroxylation is 1. The normalized spacial score (nSPS) is 17.0. The number of benzene rings is 2. The van der Waals surface area contributed by atoms with Crippen LogP contribution in [0.5, 0.6) is 0 Å². The first-order chi connectivity index (χ1) is 15.5. The number of carbonyl (C=O) groups excluding carboxylic acids is 1. The molecular formula is C24H27N7O. The van der Waals surface area contributed by atoms with Crippen molar-refractivity contribution >= 4 is 22.6 Å². The second-order valence-electron chi connectivity index (χ2n) is 8.49. The maximum atomic E-state index is 13.0. The minimum atomic E-state index is -0.295. The zero-order valence-electron chi connectivity index (χ0n) is 18.1. The summed E-state index contributed by atoms with van der Waals surface area (Å²) in [4.78, 5) is 19.8. The van der Waals surface area contributed by atoms with E-state index < -0.39 is 0 Å². The van der Waals surface area contributed by atoms with E-state index in [9.17, 15) is 4.79 Å². The van der Waals surface area contributed by atoms with Gasteiger partial charge in [0, 0.05) is 42.1 Å². The van der Waals surface area contributed by atoms with Crippen molar-refractivity contribution in [1.29, 1.82) is 0 Å². The molecule has 1 fully saturated rings. The number of carbonyl (C=O) groups is 1. The van der Waals surface area contributed by atoms with Crippen LogP contribution in [-0.2, 0) is 6.54 Å². The van der Waals surface area contributed by atoms with Gasteiger partial charge >= 0.3 is 6.03 Å². The third kappa shape index (κ3) is 4.28. The smallest absolute Gasteiger partial charge is 0.327 e. The number of likely N-dealkylation sites (tertiary alicyclic amines) is 1. The van der Waals surface area contributed by atoms with Gasteiger partial charge in [0.05, 0.1) is 23.7 Å². The Morgan fingerprint density at radius 1 is 1.25 bits per heavy atom. The molecule has 0 bridgehead atoms. The predicted molar refractivity (Wildman–Crippen MR) is 125 cm³/mol. The number of hydrogen-bond donors (Lipinski definition) is 2.